The lowest BCUT2D eigenvalue weighted by Crippen LogP contribution is -2.14. The summed E-state index contributed by atoms with van der Waals surface area (Å²) in [6.07, 6.45) is 6.30. The summed E-state index contributed by atoms with van der Waals surface area (Å²) in [6, 6.07) is 2.74. The molecule has 0 amide bonds. The Balaban J connectivity index is 1.98. The number of hydrogen-bond acceptors (Lipinski definition) is 2. The van der Waals surface area contributed by atoms with Gasteiger partial charge in [-0.25, -0.2) is 0 Å². The fourth-order valence-electron chi connectivity index (χ4n) is 1.88. The Morgan fingerprint density at radius 2 is 2.38 bits per heavy atom. The van der Waals surface area contributed by atoms with Crippen LogP contribution in [0.3, 0.4) is 0 Å². The molecule has 0 radical (unpaired) electrons. The first kappa shape index (κ1) is 9.22. The molecular weight excluding hydrogens is 178 g/mol. The third kappa shape index (κ3) is 2.12. The van der Waals surface area contributed by atoms with Gasteiger partial charge in [-0.15, -0.1) is 11.3 Å². The van der Waals surface area contributed by atoms with Crippen LogP contribution in [0, 0.1) is 0 Å². The largest absolute Gasteiger partial charge is 0.328 e. The molecule has 2 rings (SSSR count). The zero-order valence-corrected chi connectivity index (χ0v) is 8.99. The fourth-order valence-corrected chi connectivity index (χ4v) is 3.16. The van der Waals surface area contributed by atoms with Gasteiger partial charge in [0.25, 0.3) is 0 Å². The summed E-state index contributed by atoms with van der Waals surface area (Å²) in [5.74, 6) is 0. The highest BCUT2D eigenvalue weighted by molar-refractivity contribution is 7.12. The first-order valence-electron chi connectivity index (χ1n) is 5.12. The molecular formula is C11H17NS. The normalized spacial score (nSPS) is 17.4. The van der Waals surface area contributed by atoms with Gasteiger partial charge in [-0.1, -0.05) is 0 Å². The lowest BCUT2D eigenvalue weighted by atomic mass is 10.1. The molecule has 1 nitrogen and oxygen atoms in total. The fraction of sp³-hybridized carbons (Fsp3) is 0.636. The van der Waals surface area contributed by atoms with Crippen molar-refractivity contribution in [2.45, 2.75) is 45.1 Å². The van der Waals surface area contributed by atoms with Crippen molar-refractivity contribution < 1.29 is 0 Å². The van der Waals surface area contributed by atoms with Gasteiger partial charge >= 0.3 is 0 Å². The Labute approximate surface area is 84.0 Å². The van der Waals surface area contributed by atoms with E-state index >= 15 is 0 Å². The molecule has 0 saturated heterocycles. The summed E-state index contributed by atoms with van der Waals surface area (Å²) >= 11 is 2.01. The summed E-state index contributed by atoms with van der Waals surface area (Å²) in [7, 11) is 0. The lowest BCUT2D eigenvalue weighted by Gasteiger charge is -2.01. The van der Waals surface area contributed by atoms with Gasteiger partial charge < -0.3 is 5.73 Å². The van der Waals surface area contributed by atoms with Crippen LogP contribution in [-0.4, -0.2) is 6.04 Å². The number of nitrogens with two attached hydrogens (primary N) is 1. The molecule has 0 saturated carbocycles. The van der Waals surface area contributed by atoms with Gasteiger partial charge in [0.15, 0.2) is 0 Å². The molecule has 2 N–H and O–H groups in total. The zero-order chi connectivity index (χ0) is 9.26. The van der Waals surface area contributed by atoms with Crippen LogP contribution in [0.25, 0.3) is 0 Å². The van der Waals surface area contributed by atoms with Crippen LogP contribution in [-0.2, 0) is 19.3 Å². The number of hydrogen-bond donors (Lipinski definition) is 1. The van der Waals surface area contributed by atoms with Crippen LogP contribution in [0.5, 0.6) is 0 Å². The predicted molar refractivity (Wildman–Crippen MR) is 58.3 cm³/mol. The first-order valence-corrected chi connectivity index (χ1v) is 5.93. The smallest absolute Gasteiger partial charge is 0.00802 e. The molecule has 0 aromatic carbocycles. The highest BCUT2D eigenvalue weighted by atomic mass is 32.1. The van der Waals surface area contributed by atoms with E-state index < -0.39 is 0 Å². The molecule has 13 heavy (non-hydrogen) atoms. The van der Waals surface area contributed by atoms with E-state index in [0.717, 1.165) is 6.42 Å². The van der Waals surface area contributed by atoms with Crippen LogP contribution in [0.4, 0.5) is 0 Å². The van der Waals surface area contributed by atoms with Crippen molar-refractivity contribution >= 4 is 11.3 Å². The molecule has 2 heteroatoms. The van der Waals surface area contributed by atoms with Gasteiger partial charge in [-0.3, -0.25) is 0 Å². The monoisotopic (exact) mass is 195 g/mol. The second kappa shape index (κ2) is 3.81. The van der Waals surface area contributed by atoms with Crippen molar-refractivity contribution in [1.29, 1.82) is 0 Å². The number of fused-ring (bicyclic) bond motifs is 1. The average Bonchev–Trinajstić information content (AvgIpc) is 2.58. The molecule has 0 bridgehead atoms. The first-order chi connectivity index (χ1) is 6.25. The van der Waals surface area contributed by atoms with E-state index in [-0.39, 0.29) is 0 Å². The van der Waals surface area contributed by atoms with E-state index in [0.29, 0.717) is 6.04 Å². The maximum Gasteiger partial charge on any atom is 0.00802 e. The van der Waals surface area contributed by atoms with Gasteiger partial charge in [0.05, 0.1) is 0 Å². The second-order valence-corrected chi connectivity index (χ2v) is 5.25. The van der Waals surface area contributed by atoms with Gasteiger partial charge in [0.1, 0.15) is 0 Å². The Morgan fingerprint density at radius 3 is 3.08 bits per heavy atom. The summed E-state index contributed by atoms with van der Waals surface area (Å²) in [5.41, 5.74) is 7.35. The van der Waals surface area contributed by atoms with Crippen molar-refractivity contribution in [3.8, 4) is 0 Å². The van der Waals surface area contributed by atoms with Crippen LogP contribution in [0.1, 0.15) is 35.1 Å². The molecule has 1 aliphatic carbocycles. The van der Waals surface area contributed by atoms with Crippen molar-refractivity contribution in [1.82, 2.24) is 0 Å². The maximum atomic E-state index is 5.74. The van der Waals surface area contributed by atoms with E-state index in [4.69, 9.17) is 5.73 Å². The van der Waals surface area contributed by atoms with Gasteiger partial charge in [0, 0.05) is 15.8 Å². The lowest BCUT2D eigenvalue weighted by molar-refractivity contribution is 0.670. The SMILES string of the molecule is C[C@@H](N)CCc1cc2c(s1)CCC2. The van der Waals surface area contributed by atoms with Gasteiger partial charge in [0.2, 0.25) is 0 Å². The van der Waals surface area contributed by atoms with E-state index in [1.807, 2.05) is 11.3 Å². The minimum absolute atomic E-state index is 0.344. The van der Waals surface area contributed by atoms with Crippen LogP contribution in [0.2, 0.25) is 0 Å². The Bertz CT molecular complexity index is 267. The molecule has 1 heterocycles. The predicted octanol–water partition coefficient (Wildman–Crippen LogP) is 2.52. The molecule has 0 aliphatic heterocycles. The standard InChI is InChI=1S/C11H17NS/c1-8(12)5-6-10-7-9-3-2-4-11(9)13-10/h7-8H,2-6,12H2,1H3/t8-/m1/s1. The molecule has 0 unspecified atom stereocenters. The van der Waals surface area contributed by atoms with Crippen LogP contribution < -0.4 is 5.73 Å². The molecule has 0 spiro atoms. The van der Waals surface area contributed by atoms with Crippen molar-refractivity contribution in [2.75, 3.05) is 0 Å². The van der Waals surface area contributed by atoms with Crippen LogP contribution >= 0.6 is 11.3 Å². The highest BCUT2D eigenvalue weighted by Gasteiger charge is 2.14. The van der Waals surface area contributed by atoms with Gasteiger partial charge in [-0.2, -0.15) is 0 Å². The third-order valence-electron chi connectivity index (χ3n) is 2.64. The third-order valence-corrected chi connectivity index (χ3v) is 3.94. The van der Waals surface area contributed by atoms with Crippen molar-refractivity contribution in [3.63, 3.8) is 0 Å². The maximum absolute atomic E-state index is 5.74. The van der Waals surface area contributed by atoms with E-state index in [2.05, 4.69) is 13.0 Å². The molecule has 72 valence electrons. The van der Waals surface area contributed by atoms with E-state index in [1.165, 1.54) is 25.7 Å². The molecule has 1 aromatic rings. The van der Waals surface area contributed by atoms with E-state index in [1.54, 1.807) is 15.3 Å². The second-order valence-electron chi connectivity index (χ2n) is 4.03. The molecule has 0 fully saturated rings. The summed E-state index contributed by atoms with van der Waals surface area (Å²) in [5, 5.41) is 0. The topological polar surface area (TPSA) is 26.0 Å². The number of aryl methyl sites for hydroxylation is 3. The highest BCUT2D eigenvalue weighted by Crippen LogP contribution is 2.31. The van der Waals surface area contributed by atoms with Crippen molar-refractivity contribution in [3.05, 3.63) is 21.4 Å². The Kier molecular flexibility index (Phi) is 2.70. The molecule has 1 aliphatic rings. The number of thiophene rings is 1. The van der Waals surface area contributed by atoms with Gasteiger partial charge in [-0.05, 0) is 50.7 Å². The minimum atomic E-state index is 0.344. The summed E-state index contributed by atoms with van der Waals surface area (Å²) < 4.78 is 0. The quantitative estimate of drug-likeness (QED) is 0.788. The minimum Gasteiger partial charge on any atom is -0.328 e. The Hall–Kier alpha value is -0.340. The summed E-state index contributed by atoms with van der Waals surface area (Å²) in [6.45, 7) is 2.08. The van der Waals surface area contributed by atoms with Crippen molar-refractivity contribution in [2.24, 2.45) is 5.73 Å². The average molecular weight is 195 g/mol. The molecule has 1 atom stereocenters. The van der Waals surface area contributed by atoms with Crippen LogP contribution in [0.15, 0.2) is 6.07 Å². The van der Waals surface area contributed by atoms with E-state index in [9.17, 15) is 0 Å². The number of rotatable bonds is 3. The Morgan fingerprint density at radius 1 is 1.54 bits per heavy atom. The summed E-state index contributed by atoms with van der Waals surface area (Å²) in [4.78, 5) is 3.18. The zero-order valence-electron chi connectivity index (χ0n) is 8.18. The molecule has 1 aromatic heterocycles.